The van der Waals surface area contributed by atoms with Gasteiger partial charge in [-0.05, 0) is 47.8 Å². The molecule has 1 fully saturated rings. The van der Waals surface area contributed by atoms with Crippen molar-refractivity contribution in [1.29, 1.82) is 0 Å². The summed E-state index contributed by atoms with van der Waals surface area (Å²) in [6, 6.07) is 0. The monoisotopic (exact) mass is 392 g/mol. The zero-order valence-electron chi connectivity index (χ0n) is 12.2. The van der Waals surface area contributed by atoms with Gasteiger partial charge in [0.1, 0.15) is 15.0 Å². The van der Waals surface area contributed by atoms with Crippen molar-refractivity contribution in [3.8, 4) is 0 Å². The Labute approximate surface area is 132 Å². The Balaban J connectivity index is 2.46. The molecule has 1 aromatic heterocycles. The van der Waals surface area contributed by atoms with Crippen molar-refractivity contribution in [1.82, 2.24) is 9.97 Å². The third-order valence-electron chi connectivity index (χ3n) is 3.99. The van der Waals surface area contributed by atoms with Crippen LogP contribution in [0.15, 0.2) is 4.79 Å². The molecule has 1 saturated carbocycles. The van der Waals surface area contributed by atoms with Crippen molar-refractivity contribution in [3.63, 3.8) is 0 Å². The number of aromatic amines is 1. The minimum atomic E-state index is -0.469. The normalized spacial score (nSPS) is 26.7. The van der Waals surface area contributed by atoms with E-state index in [1.165, 1.54) is 6.42 Å². The van der Waals surface area contributed by atoms with Crippen molar-refractivity contribution in [2.75, 3.05) is 14.2 Å². The zero-order valence-corrected chi connectivity index (χ0v) is 14.3. The van der Waals surface area contributed by atoms with Gasteiger partial charge in [-0.1, -0.05) is 13.3 Å². The predicted molar refractivity (Wildman–Crippen MR) is 84.6 cm³/mol. The van der Waals surface area contributed by atoms with Crippen molar-refractivity contribution in [2.45, 2.75) is 44.8 Å². The maximum atomic E-state index is 12.1. The van der Waals surface area contributed by atoms with Gasteiger partial charge in [-0.25, -0.2) is 4.98 Å². The van der Waals surface area contributed by atoms with Gasteiger partial charge in [0.25, 0.3) is 5.56 Å². The Morgan fingerprint density at radius 2 is 2.25 bits per heavy atom. The molecule has 2 unspecified atom stereocenters. The molecule has 0 amide bonds. The molecule has 0 radical (unpaired) electrons. The number of hydrogen-bond acceptors (Lipinski definition) is 4. The summed E-state index contributed by atoms with van der Waals surface area (Å²) in [4.78, 5) is 19.6. The first-order valence-electron chi connectivity index (χ1n) is 6.85. The van der Waals surface area contributed by atoms with Gasteiger partial charge in [0, 0.05) is 14.2 Å². The first-order valence-corrected chi connectivity index (χ1v) is 7.93. The molecule has 5 nitrogen and oxygen atoms in total. The van der Waals surface area contributed by atoms with E-state index in [0.717, 1.165) is 19.3 Å². The van der Waals surface area contributed by atoms with Crippen LogP contribution in [0.4, 0.5) is 0 Å². The highest BCUT2D eigenvalue weighted by Crippen LogP contribution is 2.40. The molecule has 6 heteroatoms. The number of nitrogens with one attached hydrogen (secondary N) is 1. The molecule has 20 heavy (non-hydrogen) atoms. The Morgan fingerprint density at radius 1 is 1.50 bits per heavy atom. The molecule has 1 heterocycles. The van der Waals surface area contributed by atoms with Gasteiger partial charge in [0.2, 0.25) is 0 Å². The number of methoxy groups -OCH3 is 2. The van der Waals surface area contributed by atoms with E-state index < -0.39 is 5.60 Å². The zero-order chi connectivity index (χ0) is 14.8. The lowest BCUT2D eigenvalue weighted by molar-refractivity contribution is -0.0651. The number of rotatable bonds is 4. The summed E-state index contributed by atoms with van der Waals surface area (Å²) in [6.07, 6.45) is 4.07. The highest BCUT2D eigenvalue weighted by Gasteiger charge is 2.39. The predicted octanol–water partition coefficient (Wildman–Crippen LogP) is 2.57. The van der Waals surface area contributed by atoms with E-state index in [1.807, 2.05) is 22.6 Å². The lowest BCUT2D eigenvalue weighted by atomic mass is 9.78. The maximum Gasteiger partial charge on any atom is 0.264 e. The molecule has 1 N–H and O–H groups in total. The van der Waals surface area contributed by atoms with E-state index in [9.17, 15) is 4.79 Å². The van der Waals surface area contributed by atoms with Crippen molar-refractivity contribution in [2.24, 2.45) is 5.92 Å². The van der Waals surface area contributed by atoms with Gasteiger partial charge in [0.15, 0.2) is 0 Å². The summed E-state index contributed by atoms with van der Waals surface area (Å²) in [5.74, 6) is 1.21. The van der Waals surface area contributed by atoms with Crippen LogP contribution >= 0.6 is 22.6 Å². The Kier molecular flexibility index (Phi) is 5.19. The van der Waals surface area contributed by atoms with Crippen LogP contribution < -0.4 is 5.56 Å². The maximum absolute atomic E-state index is 12.1. The van der Waals surface area contributed by atoms with Crippen LogP contribution in [-0.4, -0.2) is 24.2 Å². The Morgan fingerprint density at radius 3 is 2.85 bits per heavy atom. The number of nitrogens with zero attached hydrogens (tertiary/aromatic N) is 1. The molecule has 1 aliphatic rings. The fourth-order valence-electron chi connectivity index (χ4n) is 2.95. The van der Waals surface area contributed by atoms with Crippen molar-refractivity contribution < 1.29 is 9.47 Å². The smallest absolute Gasteiger partial charge is 0.264 e. The number of ether oxygens (including phenoxy) is 2. The van der Waals surface area contributed by atoms with E-state index >= 15 is 0 Å². The highest BCUT2D eigenvalue weighted by molar-refractivity contribution is 14.1. The lowest BCUT2D eigenvalue weighted by Crippen LogP contribution is -2.38. The van der Waals surface area contributed by atoms with E-state index in [-0.39, 0.29) is 5.56 Å². The summed E-state index contributed by atoms with van der Waals surface area (Å²) < 4.78 is 11.5. The van der Waals surface area contributed by atoms with Crippen molar-refractivity contribution >= 4 is 22.6 Å². The summed E-state index contributed by atoms with van der Waals surface area (Å²) in [7, 11) is 3.30. The Hall–Kier alpha value is -0.470. The van der Waals surface area contributed by atoms with Crippen LogP contribution in [-0.2, 0) is 21.7 Å². The third kappa shape index (κ3) is 3.07. The average Bonchev–Trinajstić information content (AvgIpc) is 2.43. The molecule has 0 saturated heterocycles. The second-order valence-electron chi connectivity index (χ2n) is 5.51. The van der Waals surface area contributed by atoms with Crippen LogP contribution in [0.5, 0.6) is 0 Å². The van der Waals surface area contributed by atoms with Gasteiger partial charge >= 0.3 is 0 Å². The van der Waals surface area contributed by atoms with Gasteiger partial charge < -0.3 is 14.5 Å². The van der Waals surface area contributed by atoms with E-state index in [1.54, 1.807) is 14.2 Å². The SMILES string of the molecule is COCc1nc(C2(OC)CCCC(C)C2)[nH]c(=O)c1I. The van der Waals surface area contributed by atoms with Gasteiger partial charge in [-0.15, -0.1) is 0 Å². The van der Waals surface area contributed by atoms with Crippen molar-refractivity contribution in [3.05, 3.63) is 25.4 Å². The minimum Gasteiger partial charge on any atom is -0.378 e. The lowest BCUT2D eigenvalue weighted by Gasteiger charge is -2.38. The standard InChI is InChI=1S/C14H21IN2O3/c1-9-5-4-6-14(7-9,20-3)13-16-10(8-19-2)11(15)12(18)17-13/h9H,4-8H2,1-3H3,(H,16,17,18). The fraction of sp³-hybridized carbons (Fsp3) is 0.714. The number of hydrogen-bond donors (Lipinski definition) is 1. The minimum absolute atomic E-state index is 0.114. The largest absolute Gasteiger partial charge is 0.378 e. The number of halogens is 1. The second-order valence-corrected chi connectivity index (χ2v) is 6.59. The van der Waals surface area contributed by atoms with E-state index in [0.29, 0.717) is 27.6 Å². The molecule has 0 aliphatic heterocycles. The second kappa shape index (κ2) is 6.53. The summed E-state index contributed by atoms with van der Waals surface area (Å²) in [6.45, 7) is 2.55. The quantitative estimate of drug-likeness (QED) is 0.801. The van der Waals surface area contributed by atoms with Gasteiger partial charge in [0.05, 0.1) is 12.3 Å². The first-order chi connectivity index (χ1) is 9.52. The summed E-state index contributed by atoms with van der Waals surface area (Å²) in [5.41, 5.74) is 0.0997. The van der Waals surface area contributed by atoms with Crippen LogP contribution in [0, 0.1) is 9.49 Å². The molecule has 112 valence electrons. The molecule has 2 rings (SSSR count). The Bertz CT molecular complexity index is 532. The van der Waals surface area contributed by atoms with Gasteiger partial charge in [-0.2, -0.15) is 0 Å². The number of aromatic nitrogens is 2. The summed E-state index contributed by atoms with van der Waals surface area (Å²) in [5, 5.41) is 0. The van der Waals surface area contributed by atoms with Crippen LogP contribution in [0.25, 0.3) is 0 Å². The topological polar surface area (TPSA) is 64.2 Å². The molecule has 1 aromatic rings. The third-order valence-corrected chi connectivity index (χ3v) is 5.10. The van der Waals surface area contributed by atoms with Crippen LogP contribution in [0.2, 0.25) is 0 Å². The van der Waals surface area contributed by atoms with E-state index in [2.05, 4.69) is 16.9 Å². The first kappa shape index (κ1) is 15.9. The van der Waals surface area contributed by atoms with Crippen LogP contribution in [0.1, 0.15) is 44.1 Å². The number of H-pyrrole nitrogens is 1. The molecule has 0 aromatic carbocycles. The molecule has 1 aliphatic carbocycles. The molecule has 0 spiro atoms. The summed E-state index contributed by atoms with van der Waals surface area (Å²) >= 11 is 2.01. The van der Waals surface area contributed by atoms with E-state index in [4.69, 9.17) is 9.47 Å². The average molecular weight is 392 g/mol. The molecule has 2 atom stereocenters. The molecule has 0 bridgehead atoms. The molecular weight excluding hydrogens is 371 g/mol. The van der Waals surface area contributed by atoms with Crippen LogP contribution in [0.3, 0.4) is 0 Å². The fourth-order valence-corrected chi connectivity index (χ4v) is 3.36. The highest BCUT2D eigenvalue weighted by atomic mass is 127. The van der Waals surface area contributed by atoms with Gasteiger partial charge in [-0.3, -0.25) is 4.79 Å². The molecular formula is C14H21IN2O3.